The Morgan fingerprint density at radius 2 is 2.15 bits per heavy atom. The lowest BCUT2D eigenvalue weighted by Gasteiger charge is -2.12. The molecule has 3 rings (SSSR count). The van der Waals surface area contributed by atoms with Gasteiger partial charge in [0.05, 0.1) is 11.7 Å². The monoisotopic (exact) mass is 291 g/mol. The van der Waals surface area contributed by atoms with Crippen LogP contribution < -0.4 is 5.32 Å². The molecule has 3 aromatic heterocycles. The molecule has 1 atom stereocenters. The summed E-state index contributed by atoms with van der Waals surface area (Å²) < 4.78 is 7.64. The summed E-state index contributed by atoms with van der Waals surface area (Å²) in [5.74, 6) is 0.623. The minimum Gasteiger partial charge on any atom is -0.408 e. The highest BCUT2D eigenvalue weighted by Gasteiger charge is 2.22. The molecule has 1 N–H and O–H groups in total. The Morgan fingerprint density at radius 3 is 2.80 bits per heavy atom. The molecular weight excluding hydrogens is 274 g/mol. The maximum absolute atomic E-state index is 5.63. The summed E-state index contributed by atoms with van der Waals surface area (Å²) in [7, 11) is 0. The number of hydrogen-bond acceptors (Lipinski definition) is 6. The molecule has 0 bridgehead atoms. The van der Waals surface area contributed by atoms with Gasteiger partial charge in [0, 0.05) is 23.2 Å². The highest BCUT2D eigenvalue weighted by Crippen LogP contribution is 2.24. The molecule has 0 spiro atoms. The summed E-state index contributed by atoms with van der Waals surface area (Å²) in [6.07, 6.45) is 4.00. The first-order valence-electron chi connectivity index (χ1n) is 6.46. The predicted molar refractivity (Wildman–Crippen MR) is 78.1 cm³/mol. The van der Waals surface area contributed by atoms with Crippen LogP contribution in [-0.2, 0) is 5.41 Å². The molecule has 6 nitrogen and oxygen atoms in total. The van der Waals surface area contributed by atoms with Crippen molar-refractivity contribution in [1.82, 2.24) is 19.6 Å². The molecule has 0 saturated carbocycles. The number of nitrogens with zero attached hydrogens (tertiary/aromatic N) is 4. The third-order valence-electron chi connectivity index (χ3n) is 2.96. The number of imidazole rings is 1. The van der Waals surface area contributed by atoms with Crippen LogP contribution in [0.15, 0.2) is 22.2 Å². The highest BCUT2D eigenvalue weighted by molar-refractivity contribution is 7.15. The Balaban J connectivity index is 1.77. The summed E-state index contributed by atoms with van der Waals surface area (Å²) >= 11 is 1.61. The first-order valence-corrected chi connectivity index (χ1v) is 7.34. The lowest BCUT2D eigenvalue weighted by atomic mass is 9.97. The van der Waals surface area contributed by atoms with Gasteiger partial charge in [-0.05, 0) is 6.92 Å². The Bertz CT molecular complexity index is 692. The number of hydrogen-bond donors (Lipinski definition) is 1. The Hall–Kier alpha value is -1.89. The summed E-state index contributed by atoms with van der Waals surface area (Å²) in [6.45, 7) is 8.14. The minimum absolute atomic E-state index is 0.00960. The van der Waals surface area contributed by atoms with Crippen LogP contribution in [0.1, 0.15) is 45.3 Å². The summed E-state index contributed by atoms with van der Waals surface area (Å²) in [6, 6.07) is 0.439. The van der Waals surface area contributed by atoms with E-state index in [2.05, 4.69) is 20.5 Å². The van der Waals surface area contributed by atoms with Gasteiger partial charge in [0.1, 0.15) is 0 Å². The van der Waals surface area contributed by atoms with Gasteiger partial charge in [0.25, 0.3) is 0 Å². The van der Waals surface area contributed by atoms with E-state index in [4.69, 9.17) is 4.42 Å². The minimum atomic E-state index is -0.146. The van der Waals surface area contributed by atoms with Crippen molar-refractivity contribution >= 4 is 22.3 Å². The van der Waals surface area contributed by atoms with Gasteiger partial charge in [0.15, 0.2) is 4.96 Å². The Kier molecular flexibility index (Phi) is 3.01. The van der Waals surface area contributed by atoms with Crippen molar-refractivity contribution in [1.29, 1.82) is 0 Å². The van der Waals surface area contributed by atoms with Crippen molar-refractivity contribution < 1.29 is 4.42 Å². The van der Waals surface area contributed by atoms with Crippen molar-refractivity contribution in [3.8, 4) is 0 Å². The fraction of sp³-hybridized carbons (Fsp3) is 0.462. The van der Waals surface area contributed by atoms with Crippen LogP contribution in [0, 0.1) is 0 Å². The van der Waals surface area contributed by atoms with E-state index in [0.29, 0.717) is 11.9 Å². The molecule has 0 radical (unpaired) electrons. The van der Waals surface area contributed by atoms with E-state index in [0.717, 1.165) is 10.7 Å². The number of thiazole rings is 1. The number of rotatable bonds is 3. The molecule has 20 heavy (non-hydrogen) atoms. The maximum Gasteiger partial charge on any atom is 0.316 e. The average Bonchev–Trinajstić information content (AvgIpc) is 3.00. The molecule has 3 aromatic rings. The first-order chi connectivity index (χ1) is 9.43. The fourth-order valence-corrected chi connectivity index (χ4v) is 2.51. The van der Waals surface area contributed by atoms with Gasteiger partial charge in [-0.3, -0.25) is 4.40 Å². The van der Waals surface area contributed by atoms with Crippen molar-refractivity contribution in [3.63, 3.8) is 0 Å². The largest absolute Gasteiger partial charge is 0.408 e. The molecule has 0 aliphatic heterocycles. The lowest BCUT2D eigenvalue weighted by molar-refractivity contribution is 0.398. The van der Waals surface area contributed by atoms with Crippen LogP contribution >= 0.6 is 11.3 Å². The predicted octanol–water partition coefficient (Wildman–Crippen LogP) is 3.25. The molecule has 0 aliphatic carbocycles. The summed E-state index contributed by atoms with van der Waals surface area (Å²) in [5.41, 5.74) is 0.806. The lowest BCUT2D eigenvalue weighted by Crippen LogP contribution is -2.11. The van der Waals surface area contributed by atoms with E-state index >= 15 is 0 Å². The van der Waals surface area contributed by atoms with Gasteiger partial charge in [0.2, 0.25) is 5.89 Å². The Morgan fingerprint density at radius 1 is 1.35 bits per heavy atom. The molecule has 0 aromatic carbocycles. The topological polar surface area (TPSA) is 68.2 Å². The van der Waals surface area contributed by atoms with Gasteiger partial charge in [-0.15, -0.1) is 16.4 Å². The van der Waals surface area contributed by atoms with Crippen LogP contribution in [0.2, 0.25) is 0 Å². The molecular formula is C13H17N5OS. The molecule has 0 fully saturated rings. The van der Waals surface area contributed by atoms with Crippen molar-refractivity contribution in [2.24, 2.45) is 0 Å². The smallest absolute Gasteiger partial charge is 0.316 e. The van der Waals surface area contributed by atoms with Gasteiger partial charge >= 0.3 is 6.01 Å². The zero-order chi connectivity index (χ0) is 14.3. The van der Waals surface area contributed by atoms with Gasteiger partial charge in [-0.25, -0.2) is 4.98 Å². The van der Waals surface area contributed by atoms with E-state index < -0.39 is 0 Å². The van der Waals surface area contributed by atoms with Gasteiger partial charge in [-0.2, -0.15) is 0 Å². The van der Waals surface area contributed by atoms with Crippen LogP contribution in [0.4, 0.5) is 6.01 Å². The van der Waals surface area contributed by atoms with Crippen molar-refractivity contribution in [2.45, 2.75) is 39.2 Å². The molecule has 1 unspecified atom stereocenters. The molecule has 3 heterocycles. The van der Waals surface area contributed by atoms with Crippen molar-refractivity contribution in [2.75, 3.05) is 5.32 Å². The second-order valence-corrected chi connectivity index (χ2v) is 6.66. The van der Waals surface area contributed by atoms with Crippen molar-refractivity contribution in [3.05, 3.63) is 29.4 Å². The van der Waals surface area contributed by atoms with E-state index in [9.17, 15) is 0 Å². The summed E-state index contributed by atoms with van der Waals surface area (Å²) in [5, 5.41) is 13.3. The first kappa shape index (κ1) is 13.1. The average molecular weight is 291 g/mol. The molecule has 0 saturated heterocycles. The van der Waals surface area contributed by atoms with E-state index in [1.165, 1.54) is 0 Å². The van der Waals surface area contributed by atoms with Crippen LogP contribution in [0.5, 0.6) is 0 Å². The molecule has 0 aliphatic rings. The van der Waals surface area contributed by atoms with E-state index in [-0.39, 0.29) is 11.5 Å². The molecule has 7 heteroatoms. The third-order valence-corrected chi connectivity index (χ3v) is 3.73. The zero-order valence-corrected chi connectivity index (χ0v) is 12.7. The number of anilines is 1. The third kappa shape index (κ3) is 2.40. The highest BCUT2D eigenvalue weighted by atomic mass is 32.1. The zero-order valence-electron chi connectivity index (χ0n) is 11.9. The SMILES string of the molecule is CC(Nc1nnc(C(C)(C)C)o1)c1cn2ccsc2n1. The standard InChI is InChI=1S/C13H17N5OS/c1-8(9-7-18-5-6-20-12(18)15-9)14-11-17-16-10(19-11)13(2,3)4/h5-8H,1-4H3,(H,14,17). The van der Waals surface area contributed by atoms with Gasteiger partial charge < -0.3 is 9.73 Å². The normalized spacial score (nSPS) is 13.8. The van der Waals surface area contributed by atoms with E-state index in [1.54, 1.807) is 11.3 Å². The van der Waals surface area contributed by atoms with Crippen LogP contribution in [0.3, 0.4) is 0 Å². The second kappa shape index (κ2) is 4.59. The quantitative estimate of drug-likeness (QED) is 0.802. The van der Waals surface area contributed by atoms with Crippen LogP contribution in [0.25, 0.3) is 4.96 Å². The second-order valence-electron chi connectivity index (χ2n) is 5.79. The molecule has 106 valence electrons. The Labute approximate surface area is 120 Å². The molecule has 0 amide bonds. The van der Waals surface area contributed by atoms with Gasteiger partial charge in [-0.1, -0.05) is 25.9 Å². The van der Waals surface area contributed by atoms with Crippen LogP contribution in [-0.4, -0.2) is 19.6 Å². The number of fused-ring (bicyclic) bond motifs is 1. The van der Waals surface area contributed by atoms with E-state index in [1.807, 2.05) is 49.9 Å². The summed E-state index contributed by atoms with van der Waals surface area (Å²) in [4.78, 5) is 5.53. The number of nitrogens with one attached hydrogen (secondary N) is 1. The fourth-order valence-electron chi connectivity index (χ4n) is 1.80. The number of aromatic nitrogens is 4. The maximum atomic E-state index is 5.63.